The lowest BCUT2D eigenvalue weighted by molar-refractivity contribution is -0.138. The van der Waals surface area contributed by atoms with Crippen LogP contribution in [0.4, 0.5) is 5.69 Å². The van der Waals surface area contributed by atoms with Crippen molar-refractivity contribution in [2.45, 2.75) is 32.6 Å². The van der Waals surface area contributed by atoms with Gasteiger partial charge in [0.1, 0.15) is 11.5 Å². The Bertz CT molecular complexity index is 1320. The molecule has 5 rings (SSSR count). The van der Waals surface area contributed by atoms with E-state index in [0.717, 1.165) is 56.1 Å². The molecule has 1 heterocycles. The molecule has 0 aromatic heterocycles. The molecule has 190 valence electrons. The van der Waals surface area contributed by atoms with Gasteiger partial charge in [0.2, 0.25) is 0 Å². The molecule has 3 aromatic carbocycles. The lowest BCUT2D eigenvalue weighted by atomic mass is 9.90. The summed E-state index contributed by atoms with van der Waals surface area (Å²) in [5.74, 6) is 1.01. The van der Waals surface area contributed by atoms with Crippen molar-refractivity contribution in [2.75, 3.05) is 33.0 Å². The van der Waals surface area contributed by atoms with E-state index >= 15 is 0 Å². The smallest absolute Gasteiger partial charge is 0.343 e. The van der Waals surface area contributed by atoms with Crippen LogP contribution in [0.3, 0.4) is 0 Å². The van der Waals surface area contributed by atoms with Crippen molar-refractivity contribution in [1.82, 2.24) is 0 Å². The Morgan fingerprint density at radius 1 is 0.973 bits per heavy atom. The Kier molecular flexibility index (Phi) is 7.27. The second kappa shape index (κ2) is 10.8. The maximum absolute atomic E-state index is 12.8. The SMILES string of the molecule is [C-]#[N+]c1ccc(OC(=O)c2ccc3c(c2)C(C)c2cc(OCCCCOCC4(C)COC4)ccc2-3)cc1. The number of nitrogens with zero attached hydrogens (tertiary/aromatic N) is 1. The minimum absolute atomic E-state index is 0.143. The molecule has 37 heavy (non-hydrogen) atoms. The molecule has 0 radical (unpaired) electrons. The van der Waals surface area contributed by atoms with E-state index in [4.69, 9.17) is 25.5 Å². The van der Waals surface area contributed by atoms with E-state index in [9.17, 15) is 4.79 Å². The second-order valence-electron chi connectivity index (χ2n) is 10.2. The molecule has 1 aliphatic heterocycles. The van der Waals surface area contributed by atoms with Gasteiger partial charge < -0.3 is 18.9 Å². The van der Waals surface area contributed by atoms with Gasteiger partial charge in [-0.15, -0.1) is 0 Å². The van der Waals surface area contributed by atoms with Crippen LogP contribution in [0, 0.1) is 12.0 Å². The van der Waals surface area contributed by atoms with Crippen molar-refractivity contribution in [3.05, 3.63) is 88.8 Å². The summed E-state index contributed by atoms with van der Waals surface area (Å²) in [4.78, 5) is 16.1. The molecule has 3 aromatic rings. The number of unbranched alkanes of at least 4 members (excludes halogenated alkanes) is 1. The molecular formula is C31H31NO5. The average molecular weight is 498 g/mol. The molecule has 0 amide bonds. The first kappa shape index (κ1) is 25.0. The third kappa shape index (κ3) is 5.53. The third-order valence-corrected chi connectivity index (χ3v) is 7.01. The van der Waals surface area contributed by atoms with Gasteiger partial charge in [-0.05, 0) is 71.5 Å². The van der Waals surface area contributed by atoms with Crippen LogP contribution in [0.5, 0.6) is 11.5 Å². The summed E-state index contributed by atoms with van der Waals surface area (Å²) in [6.45, 7) is 15.1. The molecule has 1 saturated heterocycles. The monoisotopic (exact) mass is 497 g/mol. The average Bonchev–Trinajstić information content (AvgIpc) is 3.18. The predicted octanol–water partition coefficient (Wildman–Crippen LogP) is 6.80. The first-order valence-electron chi connectivity index (χ1n) is 12.7. The number of fused-ring (bicyclic) bond motifs is 3. The van der Waals surface area contributed by atoms with Gasteiger partial charge in [0.25, 0.3) is 0 Å². The summed E-state index contributed by atoms with van der Waals surface area (Å²) >= 11 is 0. The fourth-order valence-corrected chi connectivity index (χ4v) is 4.80. The number of hydrogen-bond donors (Lipinski definition) is 0. The minimum Gasteiger partial charge on any atom is -0.494 e. The molecule has 0 saturated carbocycles. The van der Waals surface area contributed by atoms with Crippen molar-refractivity contribution in [3.63, 3.8) is 0 Å². The van der Waals surface area contributed by atoms with Gasteiger partial charge in [0.05, 0.1) is 38.6 Å². The summed E-state index contributed by atoms with van der Waals surface area (Å²) < 4.78 is 22.6. The van der Waals surface area contributed by atoms with Gasteiger partial charge in [0.15, 0.2) is 5.69 Å². The van der Waals surface area contributed by atoms with E-state index in [1.165, 1.54) is 11.1 Å². The zero-order chi connectivity index (χ0) is 25.8. The lowest BCUT2D eigenvalue weighted by Gasteiger charge is -2.37. The highest BCUT2D eigenvalue weighted by atomic mass is 16.5. The van der Waals surface area contributed by atoms with Gasteiger partial charge in [-0.2, -0.15) is 0 Å². The van der Waals surface area contributed by atoms with Gasteiger partial charge in [-0.25, -0.2) is 9.64 Å². The maximum atomic E-state index is 12.8. The normalized spacial score (nSPS) is 16.7. The number of hydrogen-bond acceptors (Lipinski definition) is 5. The minimum atomic E-state index is -0.412. The van der Waals surface area contributed by atoms with Crippen molar-refractivity contribution in [1.29, 1.82) is 0 Å². The summed E-state index contributed by atoms with van der Waals surface area (Å²) in [6, 6.07) is 18.5. The van der Waals surface area contributed by atoms with Crippen LogP contribution in [-0.2, 0) is 9.47 Å². The van der Waals surface area contributed by atoms with Crippen molar-refractivity contribution in [3.8, 4) is 22.6 Å². The number of ether oxygens (including phenoxy) is 4. The Morgan fingerprint density at radius 2 is 1.65 bits per heavy atom. The quantitative estimate of drug-likeness (QED) is 0.133. The van der Waals surface area contributed by atoms with E-state index in [1.807, 2.05) is 18.2 Å². The Morgan fingerprint density at radius 3 is 2.35 bits per heavy atom. The summed E-state index contributed by atoms with van der Waals surface area (Å²) in [5, 5.41) is 0. The highest BCUT2D eigenvalue weighted by Crippen LogP contribution is 2.46. The van der Waals surface area contributed by atoms with Crippen molar-refractivity contribution >= 4 is 11.7 Å². The fourth-order valence-electron chi connectivity index (χ4n) is 4.80. The van der Waals surface area contributed by atoms with Crippen molar-refractivity contribution in [2.24, 2.45) is 5.41 Å². The molecule has 1 aliphatic carbocycles. The highest BCUT2D eigenvalue weighted by molar-refractivity contribution is 5.93. The van der Waals surface area contributed by atoms with Crippen LogP contribution in [-0.4, -0.2) is 39.0 Å². The standard InChI is InChI=1S/C31H31NO5/c1-21-28-16-22(30(33)37-24-9-7-23(32-3)8-10-24)6-12-26(28)27-13-11-25(17-29(21)27)36-15-5-4-14-34-18-31(2)19-35-20-31/h6-13,16-17,21H,4-5,14-15,18-20H2,1-2H3. The van der Waals surface area contributed by atoms with Gasteiger partial charge >= 0.3 is 5.97 Å². The predicted molar refractivity (Wildman–Crippen MR) is 142 cm³/mol. The molecule has 6 heteroatoms. The van der Waals surface area contributed by atoms with E-state index in [0.29, 0.717) is 23.6 Å². The Labute approximate surface area is 217 Å². The second-order valence-corrected chi connectivity index (χ2v) is 10.2. The first-order chi connectivity index (χ1) is 18.0. The summed E-state index contributed by atoms with van der Waals surface area (Å²) in [5.41, 5.74) is 5.82. The molecule has 0 N–H and O–H groups in total. The Hall–Kier alpha value is -3.66. The fraction of sp³-hybridized carbons (Fsp3) is 0.355. The number of benzene rings is 3. The molecule has 6 nitrogen and oxygen atoms in total. The maximum Gasteiger partial charge on any atom is 0.343 e. The van der Waals surface area contributed by atoms with E-state index < -0.39 is 5.97 Å². The third-order valence-electron chi connectivity index (χ3n) is 7.01. The molecule has 0 bridgehead atoms. The molecule has 2 aliphatic rings. The molecular weight excluding hydrogens is 466 g/mol. The summed E-state index contributed by atoms with van der Waals surface area (Å²) in [7, 11) is 0. The van der Waals surface area contributed by atoms with Crippen LogP contribution in [0.25, 0.3) is 16.0 Å². The van der Waals surface area contributed by atoms with Crippen LogP contribution in [0.1, 0.15) is 54.1 Å². The van der Waals surface area contributed by atoms with E-state index in [2.05, 4.69) is 30.8 Å². The van der Waals surface area contributed by atoms with Crippen LogP contribution >= 0.6 is 0 Å². The zero-order valence-electron chi connectivity index (χ0n) is 21.3. The topological polar surface area (TPSA) is 58.4 Å². The number of rotatable bonds is 10. The van der Waals surface area contributed by atoms with E-state index in [-0.39, 0.29) is 11.3 Å². The van der Waals surface area contributed by atoms with Crippen LogP contribution < -0.4 is 9.47 Å². The van der Waals surface area contributed by atoms with Crippen LogP contribution in [0.2, 0.25) is 0 Å². The van der Waals surface area contributed by atoms with Gasteiger partial charge in [-0.1, -0.05) is 38.1 Å². The largest absolute Gasteiger partial charge is 0.494 e. The molecule has 1 unspecified atom stereocenters. The summed E-state index contributed by atoms with van der Waals surface area (Å²) in [6.07, 6.45) is 1.90. The Balaban J connectivity index is 1.15. The lowest BCUT2D eigenvalue weighted by Crippen LogP contribution is -2.43. The zero-order valence-corrected chi connectivity index (χ0v) is 21.3. The van der Waals surface area contributed by atoms with E-state index in [1.54, 1.807) is 30.3 Å². The first-order valence-corrected chi connectivity index (χ1v) is 12.7. The number of carbonyl (C=O) groups excluding carboxylic acids is 1. The highest BCUT2D eigenvalue weighted by Gasteiger charge is 2.33. The van der Waals surface area contributed by atoms with Crippen molar-refractivity contribution < 1.29 is 23.7 Å². The molecule has 1 atom stereocenters. The number of esters is 1. The molecule has 0 spiro atoms. The number of carbonyl (C=O) groups is 1. The molecule has 1 fully saturated rings. The van der Waals surface area contributed by atoms with Gasteiger partial charge in [-0.3, -0.25) is 0 Å². The van der Waals surface area contributed by atoms with Crippen LogP contribution in [0.15, 0.2) is 60.7 Å². The van der Waals surface area contributed by atoms with Gasteiger partial charge in [0, 0.05) is 17.9 Å².